The van der Waals surface area contributed by atoms with Crippen molar-refractivity contribution in [2.24, 2.45) is 0 Å². The van der Waals surface area contributed by atoms with E-state index < -0.39 is 11.8 Å². The van der Waals surface area contributed by atoms with Crippen LogP contribution in [0.2, 0.25) is 0 Å². The lowest BCUT2D eigenvalue weighted by atomic mass is 10.2. The highest BCUT2D eigenvalue weighted by Crippen LogP contribution is 2.31. The minimum absolute atomic E-state index is 0.179. The molecule has 0 aromatic heterocycles. The number of carbonyl (C=O) groups excluding carboxylic acids is 2. The molecule has 5 nitrogen and oxygen atoms in total. The van der Waals surface area contributed by atoms with Gasteiger partial charge in [-0.2, -0.15) is 0 Å². The van der Waals surface area contributed by atoms with Gasteiger partial charge in [0.25, 0.3) is 5.91 Å². The number of methoxy groups -OCH3 is 1. The number of ether oxygens (including phenoxy) is 2. The zero-order chi connectivity index (χ0) is 17.3. The van der Waals surface area contributed by atoms with Gasteiger partial charge in [-0.3, -0.25) is 9.59 Å². The first-order valence-electron chi connectivity index (χ1n) is 7.18. The van der Waals surface area contributed by atoms with Gasteiger partial charge < -0.3 is 9.47 Å². The van der Waals surface area contributed by atoms with Gasteiger partial charge in [-0.05, 0) is 43.3 Å². The zero-order valence-electron chi connectivity index (χ0n) is 13.1. The van der Waals surface area contributed by atoms with Crippen LogP contribution < -0.4 is 14.4 Å². The predicted molar refractivity (Wildman–Crippen MR) is 90.2 cm³/mol. The molecule has 1 aliphatic rings. The normalized spacial score (nSPS) is 14.4. The Labute approximate surface area is 144 Å². The smallest absolute Gasteiger partial charge is 0.302 e. The monoisotopic (exact) mass is 343 g/mol. The van der Waals surface area contributed by atoms with Crippen molar-refractivity contribution < 1.29 is 19.1 Å². The summed E-state index contributed by atoms with van der Waals surface area (Å²) < 4.78 is 10.6. The van der Waals surface area contributed by atoms with Crippen LogP contribution in [0.3, 0.4) is 0 Å². The van der Waals surface area contributed by atoms with Crippen molar-refractivity contribution in [3.8, 4) is 11.5 Å². The molecule has 2 aromatic rings. The Morgan fingerprint density at radius 3 is 2.04 bits per heavy atom. The van der Waals surface area contributed by atoms with Gasteiger partial charge in [0.15, 0.2) is 5.03 Å². The Balaban J connectivity index is 1.87. The van der Waals surface area contributed by atoms with Crippen molar-refractivity contribution in [3.05, 3.63) is 64.9 Å². The number of carbonyl (C=O) groups is 2. The fourth-order valence-electron chi connectivity index (χ4n) is 2.26. The summed E-state index contributed by atoms with van der Waals surface area (Å²) in [4.78, 5) is 25.9. The molecule has 0 saturated heterocycles. The van der Waals surface area contributed by atoms with Gasteiger partial charge in [0, 0.05) is 0 Å². The molecule has 2 aromatic carbocycles. The maximum absolute atomic E-state index is 12.6. The molecular weight excluding hydrogens is 330 g/mol. The van der Waals surface area contributed by atoms with E-state index >= 15 is 0 Å². The van der Waals surface area contributed by atoms with Gasteiger partial charge in [-0.15, -0.1) is 0 Å². The molecule has 3 rings (SSSR count). The number of rotatable bonds is 4. The number of amides is 2. The first kappa shape index (κ1) is 16.1. The summed E-state index contributed by atoms with van der Waals surface area (Å²) in [6.45, 7) is 1.94. The second kappa shape index (κ2) is 6.37. The maximum atomic E-state index is 12.6. The third-order valence-electron chi connectivity index (χ3n) is 3.56. The highest BCUT2D eigenvalue weighted by Gasteiger charge is 2.40. The quantitative estimate of drug-likeness (QED) is 0.798. The Morgan fingerprint density at radius 1 is 0.875 bits per heavy atom. The lowest BCUT2D eigenvalue weighted by molar-refractivity contribution is -0.121. The average molecular weight is 344 g/mol. The standard InChI is InChI=1S/C18H14ClNO4/c1-11-3-7-14(8-4-11)24-16-15(19)17(21)20(18(16)22)12-5-9-13(23-2)10-6-12/h3-10H,1-2H3. The van der Waals surface area contributed by atoms with E-state index in [1.165, 1.54) is 7.11 Å². The molecule has 0 fully saturated rings. The van der Waals surface area contributed by atoms with E-state index in [9.17, 15) is 9.59 Å². The number of hydrogen-bond acceptors (Lipinski definition) is 4. The summed E-state index contributed by atoms with van der Waals surface area (Å²) in [7, 11) is 1.53. The minimum Gasteiger partial charge on any atom is -0.497 e. The molecular formula is C18H14ClNO4. The summed E-state index contributed by atoms with van der Waals surface area (Å²) in [6.07, 6.45) is 0. The summed E-state index contributed by atoms with van der Waals surface area (Å²) in [5.74, 6) is -0.342. The van der Waals surface area contributed by atoms with E-state index in [1.807, 2.05) is 19.1 Å². The largest absolute Gasteiger partial charge is 0.497 e. The molecule has 0 radical (unpaired) electrons. The molecule has 2 amide bonds. The van der Waals surface area contributed by atoms with E-state index in [0.29, 0.717) is 17.2 Å². The van der Waals surface area contributed by atoms with Crippen LogP contribution in [0.25, 0.3) is 0 Å². The molecule has 6 heteroatoms. The molecule has 0 saturated carbocycles. The van der Waals surface area contributed by atoms with Crippen LogP contribution in [0, 0.1) is 6.92 Å². The van der Waals surface area contributed by atoms with Gasteiger partial charge in [0.05, 0.1) is 12.8 Å². The Kier molecular flexibility index (Phi) is 4.27. The Hall–Kier alpha value is -2.79. The van der Waals surface area contributed by atoms with Crippen molar-refractivity contribution >= 4 is 29.1 Å². The lowest BCUT2D eigenvalue weighted by Gasteiger charge is -2.15. The fourth-order valence-corrected chi connectivity index (χ4v) is 2.47. The number of imide groups is 1. The number of hydrogen-bond donors (Lipinski definition) is 0. The van der Waals surface area contributed by atoms with Crippen molar-refractivity contribution in [1.29, 1.82) is 0 Å². The molecule has 1 aliphatic heterocycles. The highest BCUT2D eigenvalue weighted by atomic mass is 35.5. The van der Waals surface area contributed by atoms with Crippen molar-refractivity contribution in [3.63, 3.8) is 0 Å². The number of halogens is 1. The first-order chi connectivity index (χ1) is 11.5. The van der Waals surface area contributed by atoms with Crippen LogP contribution in [-0.2, 0) is 9.59 Å². The summed E-state index contributed by atoms with van der Waals surface area (Å²) in [5.41, 5.74) is 1.45. The molecule has 24 heavy (non-hydrogen) atoms. The van der Waals surface area contributed by atoms with Gasteiger partial charge in [-0.1, -0.05) is 29.3 Å². The van der Waals surface area contributed by atoms with Gasteiger partial charge >= 0.3 is 5.91 Å². The van der Waals surface area contributed by atoms with E-state index in [0.717, 1.165) is 10.5 Å². The summed E-state index contributed by atoms with van der Waals surface area (Å²) in [5, 5.41) is -0.239. The van der Waals surface area contributed by atoms with E-state index in [1.54, 1.807) is 36.4 Å². The molecule has 0 spiro atoms. The van der Waals surface area contributed by atoms with Crippen LogP contribution in [0.5, 0.6) is 11.5 Å². The van der Waals surface area contributed by atoms with E-state index in [2.05, 4.69) is 0 Å². The first-order valence-corrected chi connectivity index (χ1v) is 7.56. The summed E-state index contributed by atoms with van der Waals surface area (Å²) in [6, 6.07) is 13.6. The number of nitrogens with zero attached hydrogens (tertiary/aromatic N) is 1. The second-order valence-electron chi connectivity index (χ2n) is 5.20. The second-order valence-corrected chi connectivity index (χ2v) is 5.58. The topological polar surface area (TPSA) is 55.8 Å². The Morgan fingerprint density at radius 2 is 1.46 bits per heavy atom. The third-order valence-corrected chi connectivity index (χ3v) is 3.89. The van der Waals surface area contributed by atoms with Crippen molar-refractivity contribution in [2.75, 3.05) is 12.0 Å². The zero-order valence-corrected chi connectivity index (χ0v) is 13.8. The third kappa shape index (κ3) is 2.86. The van der Waals surface area contributed by atoms with Crippen LogP contribution in [-0.4, -0.2) is 18.9 Å². The van der Waals surface area contributed by atoms with Crippen molar-refractivity contribution in [2.45, 2.75) is 6.92 Å². The molecule has 0 bridgehead atoms. The van der Waals surface area contributed by atoms with Gasteiger partial charge in [0.1, 0.15) is 11.5 Å². The van der Waals surface area contributed by atoms with E-state index in [-0.39, 0.29) is 10.8 Å². The average Bonchev–Trinajstić information content (AvgIpc) is 2.80. The molecule has 1 heterocycles. The van der Waals surface area contributed by atoms with Gasteiger partial charge in [-0.25, -0.2) is 4.90 Å². The fraction of sp³-hybridized carbons (Fsp3) is 0.111. The maximum Gasteiger partial charge on any atom is 0.302 e. The highest BCUT2D eigenvalue weighted by molar-refractivity contribution is 6.52. The molecule has 0 N–H and O–H groups in total. The SMILES string of the molecule is COc1ccc(N2C(=O)C(Cl)=C(Oc3ccc(C)cc3)C2=O)cc1. The van der Waals surface area contributed by atoms with Crippen LogP contribution in [0.4, 0.5) is 5.69 Å². The number of aryl methyl sites for hydroxylation is 1. The summed E-state index contributed by atoms with van der Waals surface area (Å²) >= 11 is 6.03. The molecule has 0 atom stereocenters. The van der Waals surface area contributed by atoms with Gasteiger partial charge in [0.2, 0.25) is 5.76 Å². The van der Waals surface area contributed by atoms with Crippen molar-refractivity contribution in [1.82, 2.24) is 0 Å². The van der Waals surface area contributed by atoms with Crippen LogP contribution in [0.15, 0.2) is 59.3 Å². The molecule has 122 valence electrons. The number of benzene rings is 2. The van der Waals surface area contributed by atoms with Crippen LogP contribution in [0.1, 0.15) is 5.56 Å². The van der Waals surface area contributed by atoms with E-state index in [4.69, 9.17) is 21.1 Å². The predicted octanol–water partition coefficient (Wildman–Crippen LogP) is 3.41. The molecule has 0 unspecified atom stereocenters. The number of anilines is 1. The molecule has 0 aliphatic carbocycles. The Bertz CT molecular complexity index is 825. The minimum atomic E-state index is -0.617. The lowest BCUT2D eigenvalue weighted by Crippen LogP contribution is -2.31. The van der Waals surface area contributed by atoms with Crippen LogP contribution >= 0.6 is 11.6 Å².